The van der Waals surface area contributed by atoms with Crippen LogP contribution in [0.25, 0.3) is 0 Å². The summed E-state index contributed by atoms with van der Waals surface area (Å²) in [6.07, 6.45) is 0. The topological polar surface area (TPSA) is 72.5 Å². The first kappa shape index (κ1) is 17.9. The largest absolute Gasteiger partial charge is 0.377 e. The normalized spacial score (nSPS) is 11.1. The van der Waals surface area contributed by atoms with Crippen molar-refractivity contribution in [3.05, 3.63) is 51.5 Å². The Balaban J connectivity index is 2.44. The Kier molecular flexibility index (Phi) is 5.41. The number of halogens is 3. The molecule has 0 aromatic heterocycles. The number of anilines is 1. The lowest BCUT2D eigenvalue weighted by molar-refractivity contribution is -0.114. The highest BCUT2D eigenvalue weighted by Gasteiger charge is 2.24. The maximum Gasteiger partial charge on any atom is 0.340 e. The van der Waals surface area contributed by atoms with E-state index in [1.807, 2.05) is 0 Å². The van der Waals surface area contributed by atoms with E-state index in [2.05, 4.69) is 5.32 Å². The lowest BCUT2D eigenvalue weighted by Gasteiger charge is -2.13. The molecule has 2 aromatic carbocycles. The van der Waals surface area contributed by atoms with E-state index < -0.39 is 10.1 Å². The van der Waals surface area contributed by atoms with Gasteiger partial charge in [0.05, 0.1) is 20.8 Å². The van der Waals surface area contributed by atoms with Crippen LogP contribution in [0.2, 0.25) is 15.1 Å². The standard InChI is InChI=1S/C14H10Cl3NO4S/c1-8(19)18-10-4-2-3-5-11(10)22-23(20,21)12-7-6-9(15)13(16)14(12)17/h2-7H,1H3,(H,18,19). The molecule has 0 heterocycles. The van der Waals surface area contributed by atoms with Crippen molar-refractivity contribution in [2.24, 2.45) is 0 Å². The highest BCUT2D eigenvalue weighted by Crippen LogP contribution is 2.36. The van der Waals surface area contributed by atoms with Crippen molar-refractivity contribution in [3.8, 4) is 5.75 Å². The molecular weight excluding hydrogens is 385 g/mol. The van der Waals surface area contributed by atoms with Crippen LogP contribution in [0.3, 0.4) is 0 Å². The van der Waals surface area contributed by atoms with Crippen molar-refractivity contribution in [2.75, 3.05) is 5.32 Å². The summed E-state index contributed by atoms with van der Waals surface area (Å²) in [5.41, 5.74) is 0.208. The van der Waals surface area contributed by atoms with E-state index in [0.717, 1.165) is 0 Å². The fourth-order valence-electron chi connectivity index (χ4n) is 1.70. The average molecular weight is 395 g/mol. The van der Waals surface area contributed by atoms with Crippen molar-refractivity contribution in [1.29, 1.82) is 0 Å². The molecule has 0 unspecified atom stereocenters. The number of carbonyl (C=O) groups excluding carboxylic acids is 1. The van der Waals surface area contributed by atoms with E-state index in [1.54, 1.807) is 12.1 Å². The quantitative estimate of drug-likeness (QED) is 0.617. The first-order valence-corrected chi connectivity index (χ1v) is 8.71. The number of para-hydroxylation sites is 2. The van der Waals surface area contributed by atoms with Gasteiger partial charge in [0, 0.05) is 6.92 Å². The number of rotatable bonds is 4. The summed E-state index contributed by atoms with van der Waals surface area (Å²) in [6.45, 7) is 1.29. The number of hydrogen-bond donors (Lipinski definition) is 1. The molecular formula is C14H10Cl3NO4S. The number of amides is 1. The summed E-state index contributed by atoms with van der Waals surface area (Å²) < 4.78 is 29.9. The van der Waals surface area contributed by atoms with Gasteiger partial charge in [-0.3, -0.25) is 4.79 Å². The van der Waals surface area contributed by atoms with Crippen LogP contribution in [-0.4, -0.2) is 14.3 Å². The van der Waals surface area contributed by atoms with Crippen molar-refractivity contribution < 1.29 is 17.4 Å². The second-order valence-corrected chi connectivity index (χ2v) is 7.07. The Morgan fingerprint density at radius 1 is 1.04 bits per heavy atom. The molecule has 0 bridgehead atoms. The van der Waals surface area contributed by atoms with Gasteiger partial charge in [-0.25, -0.2) is 0 Å². The zero-order chi connectivity index (χ0) is 17.2. The SMILES string of the molecule is CC(=O)Nc1ccccc1OS(=O)(=O)c1ccc(Cl)c(Cl)c1Cl. The number of hydrogen-bond acceptors (Lipinski definition) is 4. The molecule has 0 radical (unpaired) electrons. The van der Waals surface area contributed by atoms with E-state index in [9.17, 15) is 13.2 Å². The van der Waals surface area contributed by atoms with Gasteiger partial charge >= 0.3 is 10.1 Å². The molecule has 1 N–H and O–H groups in total. The predicted molar refractivity (Wildman–Crippen MR) is 90.0 cm³/mol. The Labute approximate surface area is 148 Å². The van der Waals surface area contributed by atoms with Crippen LogP contribution >= 0.6 is 34.8 Å². The van der Waals surface area contributed by atoms with E-state index in [1.165, 1.54) is 31.2 Å². The molecule has 0 fully saturated rings. The van der Waals surface area contributed by atoms with Crippen molar-refractivity contribution in [1.82, 2.24) is 0 Å². The van der Waals surface area contributed by atoms with Gasteiger partial charge in [0.15, 0.2) is 5.75 Å². The Bertz CT molecular complexity index is 868. The highest BCUT2D eigenvalue weighted by atomic mass is 35.5. The molecule has 2 rings (SSSR count). The third-order valence-corrected chi connectivity index (χ3v) is 5.35. The molecule has 1 amide bonds. The molecule has 0 aliphatic carbocycles. The fourth-order valence-corrected chi connectivity index (χ4v) is 3.60. The van der Waals surface area contributed by atoms with Crippen LogP contribution in [0.5, 0.6) is 5.75 Å². The van der Waals surface area contributed by atoms with E-state index >= 15 is 0 Å². The van der Waals surface area contributed by atoms with Gasteiger partial charge in [-0.05, 0) is 24.3 Å². The van der Waals surface area contributed by atoms with Gasteiger partial charge in [0.25, 0.3) is 0 Å². The minimum absolute atomic E-state index is 0.0511. The van der Waals surface area contributed by atoms with Crippen LogP contribution in [0.1, 0.15) is 6.92 Å². The van der Waals surface area contributed by atoms with Crippen LogP contribution < -0.4 is 9.50 Å². The highest BCUT2D eigenvalue weighted by molar-refractivity contribution is 7.87. The summed E-state index contributed by atoms with van der Waals surface area (Å²) in [5, 5.41) is 2.26. The maximum absolute atomic E-state index is 12.4. The number of carbonyl (C=O) groups is 1. The minimum Gasteiger partial charge on any atom is -0.377 e. The van der Waals surface area contributed by atoms with Gasteiger partial charge in [-0.15, -0.1) is 0 Å². The summed E-state index contributed by atoms with van der Waals surface area (Å²) in [6, 6.07) is 8.57. The maximum atomic E-state index is 12.4. The zero-order valence-electron chi connectivity index (χ0n) is 11.6. The van der Waals surface area contributed by atoms with Crippen molar-refractivity contribution >= 4 is 56.5 Å². The molecule has 122 valence electrons. The first-order chi connectivity index (χ1) is 10.7. The third-order valence-electron chi connectivity index (χ3n) is 2.67. The Hall–Kier alpha value is -1.47. The van der Waals surface area contributed by atoms with Gasteiger partial charge < -0.3 is 9.50 Å². The molecule has 2 aromatic rings. The number of benzene rings is 2. The van der Waals surface area contributed by atoms with E-state index in [0.29, 0.717) is 0 Å². The van der Waals surface area contributed by atoms with Gasteiger partial charge in [0.2, 0.25) is 5.91 Å². The Morgan fingerprint density at radius 3 is 2.35 bits per heavy atom. The predicted octanol–water partition coefficient (Wildman–Crippen LogP) is 4.37. The molecule has 5 nitrogen and oxygen atoms in total. The molecule has 0 spiro atoms. The lowest BCUT2D eigenvalue weighted by Crippen LogP contribution is -2.13. The smallest absolute Gasteiger partial charge is 0.340 e. The van der Waals surface area contributed by atoms with Crippen LogP contribution in [-0.2, 0) is 14.9 Å². The average Bonchev–Trinajstić information content (AvgIpc) is 2.46. The zero-order valence-corrected chi connectivity index (χ0v) is 14.7. The first-order valence-electron chi connectivity index (χ1n) is 6.17. The summed E-state index contributed by atoms with van der Waals surface area (Å²) in [4.78, 5) is 10.8. The lowest BCUT2D eigenvalue weighted by atomic mass is 10.3. The van der Waals surface area contributed by atoms with E-state index in [4.69, 9.17) is 39.0 Å². The summed E-state index contributed by atoms with van der Waals surface area (Å²) in [7, 11) is -4.27. The van der Waals surface area contributed by atoms with E-state index in [-0.39, 0.29) is 37.3 Å². The molecule has 0 saturated carbocycles. The third kappa shape index (κ3) is 4.09. The monoisotopic (exact) mass is 393 g/mol. The fraction of sp³-hybridized carbons (Fsp3) is 0.0714. The van der Waals surface area contributed by atoms with Gasteiger partial charge in [-0.2, -0.15) is 8.42 Å². The van der Waals surface area contributed by atoms with Crippen LogP contribution in [0.15, 0.2) is 41.3 Å². The second-order valence-electron chi connectivity index (χ2n) is 4.39. The minimum atomic E-state index is -4.27. The van der Waals surface area contributed by atoms with Crippen LogP contribution in [0.4, 0.5) is 5.69 Å². The van der Waals surface area contributed by atoms with Crippen molar-refractivity contribution in [2.45, 2.75) is 11.8 Å². The summed E-state index contributed by atoms with van der Waals surface area (Å²) >= 11 is 17.6. The molecule has 0 aliphatic rings. The molecule has 0 aliphatic heterocycles. The van der Waals surface area contributed by atoms with Gasteiger partial charge in [0.1, 0.15) is 4.90 Å². The van der Waals surface area contributed by atoms with Crippen molar-refractivity contribution in [3.63, 3.8) is 0 Å². The summed E-state index contributed by atoms with van der Waals surface area (Å²) in [5.74, 6) is -0.421. The molecule has 23 heavy (non-hydrogen) atoms. The van der Waals surface area contributed by atoms with Gasteiger partial charge in [-0.1, -0.05) is 46.9 Å². The molecule has 9 heteroatoms. The second kappa shape index (κ2) is 6.97. The molecule has 0 atom stereocenters. The molecule has 0 saturated heterocycles. The van der Waals surface area contributed by atoms with Crippen LogP contribution in [0, 0.1) is 0 Å². The Morgan fingerprint density at radius 2 is 1.70 bits per heavy atom. The number of nitrogens with one attached hydrogen (secondary N) is 1.